The average molecular weight is 268 g/mol. The van der Waals surface area contributed by atoms with Gasteiger partial charge < -0.3 is 15.3 Å². The van der Waals surface area contributed by atoms with Crippen molar-refractivity contribution in [1.82, 2.24) is 10.2 Å². The predicted molar refractivity (Wildman–Crippen MR) is 71.4 cm³/mol. The first kappa shape index (κ1) is 14.3. The van der Waals surface area contributed by atoms with E-state index in [0.717, 1.165) is 38.5 Å². The Kier molecular flexibility index (Phi) is 5.19. The first-order chi connectivity index (χ1) is 9.20. The van der Waals surface area contributed by atoms with Crippen molar-refractivity contribution in [3.63, 3.8) is 0 Å². The Hall–Kier alpha value is -1.10. The first-order valence-corrected chi connectivity index (χ1v) is 7.38. The third-order valence-corrected chi connectivity index (χ3v) is 4.25. The van der Waals surface area contributed by atoms with Crippen LogP contribution in [-0.2, 0) is 9.59 Å². The minimum absolute atomic E-state index is 0.0828. The molecule has 0 aromatic rings. The quantitative estimate of drug-likeness (QED) is 0.787. The van der Waals surface area contributed by atoms with Crippen LogP contribution in [0.4, 0.5) is 0 Å². The van der Waals surface area contributed by atoms with E-state index >= 15 is 0 Å². The molecule has 0 spiro atoms. The fourth-order valence-electron chi connectivity index (χ4n) is 3.08. The number of aliphatic hydroxyl groups excluding tert-OH is 1. The van der Waals surface area contributed by atoms with Crippen LogP contribution in [0.25, 0.3) is 0 Å². The molecule has 1 saturated heterocycles. The Morgan fingerprint density at radius 2 is 2.11 bits per heavy atom. The standard InChI is InChI=1S/C14H24N2O3/c17-10-11-5-4-6-12(11)15-13(18)9-16-8-3-1-2-7-14(16)19/h11-12,17H,1-10H2,(H,15,18). The smallest absolute Gasteiger partial charge is 0.239 e. The van der Waals surface area contributed by atoms with Crippen molar-refractivity contribution in [2.75, 3.05) is 19.7 Å². The lowest BCUT2D eigenvalue weighted by molar-refractivity contribution is -0.135. The summed E-state index contributed by atoms with van der Waals surface area (Å²) < 4.78 is 0. The Morgan fingerprint density at radius 1 is 1.26 bits per heavy atom. The number of carbonyl (C=O) groups excluding carboxylic acids is 2. The van der Waals surface area contributed by atoms with Crippen molar-refractivity contribution in [2.45, 2.75) is 51.0 Å². The summed E-state index contributed by atoms with van der Waals surface area (Å²) in [6.07, 6.45) is 6.52. The number of nitrogens with zero attached hydrogens (tertiary/aromatic N) is 1. The first-order valence-electron chi connectivity index (χ1n) is 7.38. The van der Waals surface area contributed by atoms with E-state index < -0.39 is 0 Å². The Bertz CT molecular complexity index is 333. The highest BCUT2D eigenvalue weighted by atomic mass is 16.3. The van der Waals surface area contributed by atoms with E-state index in [9.17, 15) is 14.7 Å². The van der Waals surface area contributed by atoms with Gasteiger partial charge in [-0.2, -0.15) is 0 Å². The van der Waals surface area contributed by atoms with Gasteiger partial charge in [0.1, 0.15) is 0 Å². The van der Waals surface area contributed by atoms with Gasteiger partial charge in [0, 0.05) is 31.5 Å². The Labute approximate surface area is 114 Å². The highest BCUT2D eigenvalue weighted by Gasteiger charge is 2.28. The van der Waals surface area contributed by atoms with Crippen LogP contribution >= 0.6 is 0 Å². The summed E-state index contributed by atoms with van der Waals surface area (Å²) >= 11 is 0. The van der Waals surface area contributed by atoms with E-state index in [1.165, 1.54) is 0 Å². The van der Waals surface area contributed by atoms with E-state index in [-0.39, 0.29) is 36.9 Å². The molecule has 2 N–H and O–H groups in total. The molecule has 0 aromatic heterocycles. The Morgan fingerprint density at radius 3 is 2.89 bits per heavy atom. The highest BCUT2D eigenvalue weighted by Crippen LogP contribution is 2.25. The van der Waals surface area contributed by atoms with Crippen LogP contribution in [0.1, 0.15) is 44.9 Å². The SMILES string of the molecule is O=C(CN1CCCCCC1=O)NC1CCCC1CO. The highest BCUT2D eigenvalue weighted by molar-refractivity contribution is 5.85. The second kappa shape index (κ2) is 6.89. The number of hydrogen-bond donors (Lipinski definition) is 2. The largest absolute Gasteiger partial charge is 0.396 e. The molecule has 1 heterocycles. The van der Waals surface area contributed by atoms with Crippen molar-refractivity contribution in [1.29, 1.82) is 0 Å². The maximum atomic E-state index is 12.0. The number of rotatable bonds is 4. The van der Waals surface area contributed by atoms with Crippen LogP contribution in [-0.4, -0.2) is 47.6 Å². The molecule has 2 atom stereocenters. The fourth-order valence-corrected chi connectivity index (χ4v) is 3.08. The van der Waals surface area contributed by atoms with Gasteiger partial charge in [-0.3, -0.25) is 9.59 Å². The number of amides is 2. The van der Waals surface area contributed by atoms with Crippen LogP contribution in [0.3, 0.4) is 0 Å². The molecule has 19 heavy (non-hydrogen) atoms. The predicted octanol–water partition coefficient (Wildman–Crippen LogP) is 0.666. The molecule has 108 valence electrons. The number of aliphatic hydroxyl groups is 1. The third-order valence-electron chi connectivity index (χ3n) is 4.25. The summed E-state index contributed by atoms with van der Waals surface area (Å²) in [5, 5.41) is 12.2. The van der Waals surface area contributed by atoms with Crippen LogP contribution in [0, 0.1) is 5.92 Å². The second-order valence-electron chi connectivity index (χ2n) is 5.67. The van der Waals surface area contributed by atoms with Crippen molar-refractivity contribution in [3.8, 4) is 0 Å². The summed E-state index contributed by atoms with van der Waals surface area (Å²) in [7, 11) is 0. The molecule has 5 nitrogen and oxygen atoms in total. The molecule has 1 aliphatic heterocycles. The summed E-state index contributed by atoms with van der Waals surface area (Å²) in [4.78, 5) is 25.5. The maximum Gasteiger partial charge on any atom is 0.239 e. The van der Waals surface area contributed by atoms with E-state index in [1.807, 2.05) is 0 Å². The minimum atomic E-state index is -0.0828. The maximum absolute atomic E-state index is 12.0. The van der Waals surface area contributed by atoms with Gasteiger partial charge in [-0.15, -0.1) is 0 Å². The van der Waals surface area contributed by atoms with E-state index in [4.69, 9.17) is 0 Å². The molecule has 2 fully saturated rings. The van der Waals surface area contributed by atoms with Gasteiger partial charge >= 0.3 is 0 Å². The molecule has 2 amide bonds. The van der Waals surface area contributed by atoms with Crippen molar-refractivity contribution < 1.29 is 14.7 Å². The van der Waals surface area contributed by atoms with Gasteiger partial charge in [-0.05, 0) is 25.7 Å². The molecular formula is C14H24N2O3. The lowest BCUT2D eigenvalue weighted by Crippen LogP contribution is -2.45. The molecule has 2 rings (SSSR count). The van der Waals surface area contributed by atoms with Crippen LogP contribution in [0.2, 0.25) is 0 Å². The van der Waals surface area contributed by atoms with Gasteiger partial charge in [0.15, 0.2) is 0 Å². The zero-order chi connectivity index (χ0) is 13.7. The molecule has 0 radical (unpaired) electrons. The summed E-state index contributed by atoms with van der Waals surface area (Å²) in [5.74, 6) is 0.196. The van der Waals surface area contributed by atoms with Crippen LogP contribution in [0.5, 0.6) is 0 Å². The van der Waals surface area contributed by atoms with Gasteiger partial charge in [0.05, 0.1) is 6.54 Å². The number of hydrogen-bond acceptors (Lipinski definition) is 3. The molecule has 0 aromatic carbocycles. The van der Waals surface area contributed by atoms with E-state index in [2.05, 4.69) is 5.32 Å². The average Bonchev–Trinajstić information content (AvgIpc) is 2.74. The number of nitrogens with one attached hydrogen (secondary N) is 1. The van der Waals surface area contributed by atoms with Gasteiger partial charge in [0.2, 0.25) is 11.8 Å². The number of carbonyl (C=O) groups is 2. The zero-order valence-electron chi connectivity index (χ0n) is 11.4. The van der Waals surface area contributed by atoms with Gasteiger partial charge in [-0.1, -0.05) is 12.8 Å². The van der Waals surface area contributed by atoms with Crippen molar-refractivity contribution in [2.24, 2.45) is 5.92 Å². The van der Waals surface area contributed by atoms with Crippen molar-refractivity contribution in [3.05, 3.63) is 0 Å². The van der Waals surface area contributed by atoms with E-state index in [0.29, 0.717) is 13.0 Å². The topological polar surface area (TPSA) is 69.6 Å². The molecule has 1 saturated carbocycles. The second-order valence-corrected chi connectivity index (χ2v) is 5.67. The summed E-state index contributed by atoms with van der Waals surface area (Å²) in [5.41, 5.74) is 0. The molecule has 2 unspecified atom stereocenters. The Balaban J connectivity index is 1.81. The molecule has 1 aliphatic carbocycles. The van der Waals surface area contributed by atoms with Crippen LogP contribution in [0.15, 0.2) is 0 Å². The van der Waals surface area contributed by atoms with Gasteiger partial charge in [-0.25, -0.2) is 0 Å². The third kappa shape index (κ3) is 3.93. The van der Waals surface area contributed by atoms with Crippen LogP contribution < -0.4 is 5.32 Å². The number of likely N-dealkylation sites (tertiary alicyclic amines) is 1. The molecule has 5 heteroatoms. The lowest BCUT2D eigenvalue weighted by atomic mass is 10.1. The summed E-state index contributed by atoms with van der Waals surface area (Å²) in [6.45, 7) is 1.00. The summed E-state index contributed by atoms with van der Waals surface area (Å²) in [6, 6.07) is 0.0829. The monoisotopic (exact) mass is 268 g/mol. The lowest BCUT2D eigenvalue weighted by Gasteiger charge is -2.23. The zero-order valence-corrected chi connectivity index (χ0v) is 11.4. The normalized spacial score (nSPS) is 28.3. The van der Waals surface area contributed by atoms with Crippen molar-refractivity contribution >= 4 is 11.8 Å². The molecule has 0 bridgehead atoms. The minimum Gasteiger partial charge on any atom is -0.396 e. The molecule has 2 aliphatic rings. The van der Waals surface area contributed by atoms with Gasteiger partial charge in [0.25, 0.3) is 0 Å². The molecular weight excluding hydrogens is 244 g/mol. The fraction of sp³-hybridized carbons (Fsp3) is 0.857. The van der Waals surface area contributed by atoms with E-state index in [1.54, 1.807) is 4.90 Å².